The maximum atomic E-state index is 10.3. The molecule has 1 aliphatic heterocycles. The zero-order valence-corrected chi connectivity index (χ0v) is 12.8. The molecule has 1 aromatic carbocycles. The molecular weight excluding hydrogens is 276 g/mol. The molecule has 5 nitrogen and oxygen atoms in total. The number of aromatic nitrogens is 2. The van der Waals surface area contributed by atoms with Crippen molar-refractivity contribution in [3.8, 4) is 0 Å². The second-order valence-corrected chi connectivity index (χ2v) is 6.46. The molecular formula is C17H22N4O. The highest BCUT2D eigenvalue weighted by Gasteiger charge is 2.31. The van der Waals surface area contributed by atoms with Crippen molar-refractivity contribution in [3.05, 3.63) is 47.2 Å². The first kappa shape index (κ1) is 13.8. The van der Waals surface area contributed by atoms with Gasteiger partial charge in [0.1, 0.15) is 5.82 Å². The third-order valence-electron chi connectivity index (χ3n) is 4.74. The van der Waals surface area contributed by atoms with Crippen molar-refractivity contribution in [2.75, 3.05) is 18.4 Å². The number of hydrogen-bond donors (Lipinski definition) is 3. The van der Waals surface area contributed by atoms with Gasteiger partial charge in [-0.05, 0) is 18.1 Å². The minimum atomic E-state index is -0.323. The van der Waals surface area contributed by atoms with E-state index in [1.165, 1.54) is 11.1 Å². The van der Waals surface area contributed by atoms with E-state index in [9.17, 15) is 5.11 Å². The number of aliphatic hydroxyl groups excluding tert-OH is 1. The summed E-state index contributed by atoms with van der Waals surface area (Å²) in [6, 6.07) is 10.5. The maximum Gasteiger partial charge on any atom is 0.124 e. The van der Waals surface area contributed by atoms with E-state index in [0.717, 1.165) is 37.6 Å². The number of benzene rings is 1. The molecule has 4 rings (SSSR count). The normalized spacial score (nSPS) is 26.4. The molecule has 1 aliphatic carbocycles. The molecule has 22 heavy (non-hydrogen) atoms. The van der Waals surface area contributed by atoms with Crippen molar-refractivity contribution in [2.45, 2.75) is 32.0 Å². The van der Waals surface area contributed by atoms with Crippen LogP contribution in [0, 0.1) is 12.8 Å². The summed E-state index contributed by atoms with van der Waals surface area (Å²) in [6.45, 7) is 4.77. The van der Waals surface area contributed by atoms with Gasteiger partial charge in [-0.3, -0.25) is 0 Å². The highest BCUT2D eigenvalue weighted by Crippen LogP contribution is 2.31. The summed E-state index contributed by atoms with van der Waals surface area (Å²) in [5, 5.41) is 21.8. The summed E-state index contributed by atoms with van der Waals surface area (Å²) in [6.07, 6.45) is 0.427. The Balaban J connectivity index is 1.41. The Labute approximate surface area is 130 Å². The molecule has 3 N–H and O–H groups in total. The first-order valence-corrected chi connectivity index (χ1v) is 7.98. The number of nitrogens with zero attached hydrogens (tertiary/aromatic N) is 2. The van der Waals surface area contributed by atoms with Crippen LogP contribution in [0.2, 0.25) is 0 Å². The molecule has 116 valence electrons. The largest absolute Gasteiger partial charge is 0.391 e. The average molecular weight is 298 g/mol. The van der Waals surface area contributed by atoms with Gasteiger partial charge in [0.05, 0.1) is 17.8 Å². The number of nitrogens with one attached hydrogen (secondary N) is 2. The predicted molar refractivity (Wildman–Crippen MR) is 85.8 cm³/mol. The van der Waals surface area contributed by atoms with Crippen LogP contribution in [-0.2, 0) is 13.0 Å². The van der Waals surface area contributed by atoms with Crippen molar-refractivity contribution in [2.24, 2.45) is 5.92 Å². The molecule has 0 amide bonds. The van der Waals surface area contributed by atoms with Crippen molar-refractivity contribution in [1.29, 1.82) is 0 Å². The highest BCUT2D eigenvalue weighted by atomic mass is 16.3. The van der Waals surface area contributed by atoms with Crippen molar-refractivity contribution >= 4 is 5.82 Å². The Bertz CT molecular complexity index is 681. The van der Waals surface area contributed by atoms with Crippen molar-refractivity contribution < 1.29 is 5.11 Å². The van der Waals surface area contributed by atoms with Gasteiger partial charge in [0.2, 0.25) is 0 Å². The van der Waals surface area contributed by atoms with E-state index in [-0.39, 0.29) is 12.1 Å². The van der Waals surface area contributed by atoms with Gasteiger partial charge in [-0.15, -0.1) is 0 Å². The van der Waals surface area contributed by atoms with Crippen LogP contribution in [0.1, 0.15) is 22.9 Å². The lowest BCUT2D eigenvalue weighted by molar-refractivity contribution is 0.138. The van der Waals surface area contributed by atoms with E-state index in [0.29, 0.717) is 5.92 Å². The number of rotatable bonds is 3. The van der Waals surface area contributed by atoms with Gasteiger partial charge in [0.25, 0.3) is 0 Å². The Kier molecular flexibility index (Phi) is 3.39. The van der Waals surface area contributed by atoms with Crippen LogP contribution in [0.15, 0.2) is 30.3 Å². The molecule has 2 heterocycles. The van der Waals surface area contributed by atoms with E-state index >= 15 is 0 Å². The fourth-order valence-corrected chi connectivity index (χ4v) is 3.64. The van der Waals surface area contributed by atoms with E-state index in [1.807, 2.05) is 23.7 Å². The number of aryl methyl sites for hydroxylation is 1. The summed E-state index contributed by atoms with van der Waals surface area (Å²) in [4.78, 5) is 0. The van der Waals surface area contributed by atoms with Gasteiger partial charge in [0, 0.05) is 38.0 Å². The van der Waals surface area contributed by atoms with E-state index in [4.69, 9.17) is 0 Å². The predicted octanol–water partition coefficient (Wildman–Crippen LogP) is 1.48. The van der Waals surface area contributed by atoms with Crippen LogP contribution in [0.4, 0.5) is 5.82 Å². The summed E-state index contributed by atoms with van der Waals surface area (Å²) >= 11 is 0. The molecule has 0 saturated heterocycles. The van der Waals surface area contributed by atoms with Gasteiger partial charge in [-0.1, -0.05) is 24.3 Å². The minimum absolute atomic E-state index is 0.0527. The summed E-state index contributed by atoms with van der Waals surface area (Å²) in [7, 11) is 0. The van der Waals surface area contributed by atoms with Crippen LogP contribution in [-0.4, -0.2) is 34.1 Å². The van der Waals surface area contributed by atoms with Crippen LogP contribution in [0.5, 0.6) is 0 Å². The van der Waals surface area contributed by atoms with Gasteiger partial charge in [-0.2, -0.15) is 5.10 Å². The van der Waals surface area contributed by atoms with Crippen LogP contribution >= 0.6 is 0 Å². The summed E-state index contributed by atoms with van der Waals surface area (Å²) in [5.74, 6) is 1.59. The monoisotopic (exact) mass is 298 g/mol. The standard InChI is InChI=1S/C17H22N4O/c1-11-6-16-18-8-12(10-21(16)20-11)9-19-17-14-5-3-2-4-13(14)7-15(17)22/h2-6,12,15,17-19,22H,7-10H2,1H3/t12-,15+,17-/m1/s1. The zero-order chi connectivity index (χ0) is 15.1. The summed E-state index contributed by atoms with van der Waals surface area (Å²) in [5.41, 5.74) is 3.56. The van der Waals surface area contributed by atoms with Crippen LogP contribution in [0.25, 0.3) is 0 Å². The lowest BCUT2D eigenvalue weighted by Gasteiger charge is -2.27. The molecule has 0 unspecified atom stereocenters. The van der Waals surface area contributed by atoms with E-state index in [1.54, 1.807) is 0 Å². The molecule has 2 aliphatic rings. The average Bonchev–Trinajstić information content (AvgIpc) is 3.03. The van der Waals surface area contributed by atoms with Crippen LogP contribution in [0.3, 0.4) is 0 Å². The molecule has 0 fully saturated rings. The number of anilines is 1. The van der Waals surface area contributed by atoms with Crippen molar-refractivity contribution in [1.82, 2.24) is 15.1 Å². The molecule has 0 radical (unpaired) electrons. The third kappa shape index (κ3) is 2.40. The molecule has 3 atom stereocenters. The molecule has 2 aromatic rings. The SMILES string of the molecule is Cc1cc2n(n1)C[C@@H](CN[C@@H]1c3ccccc3C[C@@H]1O)CN2. The van der Waals surface area contributed by atoms with E-state index in [2.05, 4.69) is 33.9 Å². The minimum Gasteiger partial charge on any atom is -0.391 e. The number of aliphatic hydroxyl groups is 1. The molecule has 0 bridgehead atoms. The lowest BCUT2D eigenvalue weighted by atomic mass is 10.0. The first-order valence-electron chi connectivity index (χ1n) is 7.98. The molecule has 5 heteroatoms. The third-order valence-corrected chi connectivity index (χ3v) is 4.74. The fraction of sp³-hybridized carbons (Fsp3) is 0.471. The first-order chi connectivity index (χ1) is 10.7. The molecule has 0 spiro atoms. The van der Waals surface area contributed by atoms with Crippen molar-refractivity contribution in [3.63, 3.8) is 0 Å². The Hall–Kier alpha value is -1.85. The Morgan fingerprint density at radius 1 is 1.41 bits per heavy atom. The topological polar surface area (TPSA) is 62.1 Å². The smallest absolute Gasteiger partial charge is 0.124 e. The zero-order valence-electron chi connectivity index (χ0n) is 12.8. The van der Waals surface area contributed by atoms with E-state index < -0.39 is 0 Å². The second kappa shape index (κ2) is 5.41. The van der Waals surface area contributed by atoms with Gasteiger partial charge in [0.15, 0.2) is 0 Å². The lowest BCUT2D eigenvalue weighted by Crippen LogP contribution is -2.38. The second-order valence-electron chi connectivity index (χ2n) is 6.46. The number of hydrogen-bond acceptors (Lipinski definition) is 4. The van der Waals surface area contributed by atoms with Gasteiger partial charge >= 0.3 is 0 Å². The maximum absolute atomic E-state index is 10.3. The van der Waals surface area contributed by atoms with Crippen LogP contribution < -0.4 is 10.6 Å². The Morgan fingerprint density at radius 2 is 2.27 bits per heavy atom. The van der Waals surface area contributed by atoms with Gasteiger partial charge in [-0.25, -0.2) is 4.68 Å². The molecule has 1 aromatic heterocycles. The highest BCUT2D eigenvalue weighted by molar-refractivity contribution is 5.39. The number of fused-ring (bicyclic) bond motifs is 2. The Morgan fingerprint density at radius 3 is 3.18 bits per heavy atom. The fourth-order valence-electron chi connectivity index (χ4n) is 3.64. The summed E-state index contributed by atoms with van der Waals surface area (Å²) < 4.78 is 2.05. The quantitative estimate of drug-likeness (QED) is 0.803. The van der Waals surface area contributed by atoms with Gasteiger partial charge < -0.3 is 15.7 Å². The molecule has 0 saturated carbocycles.